The van der Waals surface area contributed by atoms with Crippen molar-refractivity contribution in [3.63, 3.8) is 0 Å². The average molecular weight is 290 g/mol. The van der Waals surface area contributed by atoms with E-state index in [-0.39, 0.29) is 5.91 Å². The van der Waals surface area contributed by atoms with Crippen LogP contribution in [0.3, 0.4) is 0 Å². The van der Waals surface area contributed by atoms with Crippen molar-refractivity contribution in [2.45, 2.75) is 13.8 Å². The number of carbonyl (C=O) groups is 1. The molecule has 3 nitrogen and oxygen atoms in total. The molecule has 4 heteroatoms. The van der Waals surface area contributed by atoms with Gasteiger partial charge in [-0.15, -0.1) is 0 Å². The lowest BCUT2D eigenvalue weighted by Crippen LogP contribution is -2.12. The topological polar surface area (TPSA) is 38.3 Å². The van der Waals surface area contributed by atoms with Crippen LogP contribution in [0.1, 0.15) is 22.8 Å². The first-order valence-electron chi connectivity index (χ1n) is 6.40. The number of anilines is 1. The third kappa shape index (κ3) is 3.52. The molecule has 0 spiro atoms. The fourth-order valence-electron chi connectivity index (χ4n) is 1.88. The summed E-state index contributed by atoms with van der Waals surface area (Å²) in [5.74, 6) is 0.630. The number of hydrogen-bond donors (Lipinski definition) is 1. The highest BCUT2D eigenvalue weighted by atomic mass is 35.5. The number of amides is 1. The van der Waals surface area contributed by atoms with Crippen molar-refractivity contribution in [3.8, 4) is 5.75 Å². The maximum Gasteiger partial charge on any atom is 0.255 e. The van der Waals surface area contributed by atoms with Crippen LogP contribution in [0.25, 0.3) is 0 Å². The largest absolute Gasteiger partial charge is 0.494 e. The molecule has 0 radical (unpaired) electrons. The summed E-state index contributed by atoms with van der Waals surface area (Å²) in [6.45, 7) is 4.45. The Bertz CT molecular complexity index is 626. The number of benzene rings is 2. The van der Waals surface area contributed by atoms with Gasteiger partial charge in [-0.25, -0.2) is 0 Å². The van der Waals surface area contributed by atoms with E-state index in [9.17, 15) is 4.79 Å². The van der Waals surface area contributed by atoms with Crippen molar-refractivity contribution < 1.29 is 9.53 Å². The maximum atomic E-state index is 12.2. The number of carbonyl (C=O) groups excluding carboxylic acids is 1. The summed E-state index contributed by atoms with van der Waals surface area (Å²) >= 11 is 5.89. The van der Waals surface area contributed by atoms with E-state index in [0.29, 0.717) is 22.9 Å². The van der Waals surface area contributed by atoms with Crippen LogP contribution in [-0.2, 0) is 0 Å². The quantitative estimate of drug-likeness (QED) is 0.911. The highest BCUT2D eigenvalue weighted by Gasteiger charge is 2.08. The van der Waals surface area contributed by atoms with Crippen molar-refractivity contribution in [1.29, 1.82) is 0 Å². The molecule has 20 heavy (non-hydrogen) atoms. The van der Waals surface area contributed by atoms with Gasteiger partial charge in [0.1, 0.15) is 5.75 Å². The van der Waals surface area contributed by atoms with E-state index in [0.717, 1.165) is 11.3 Å². The molecule has 2 rings (SSSR count). The highest BCUT2D eigenvalue weighted by Crippen LogP contribution is 2.20. The van der Waals surface area contributed by atoms with Crippen LogP contribution >= 0.6 is 11.6 Å². The first-order valence-corrected chi connectivity index (χ1v) is 6.78. The molecule has 2 aromatic rings. The molecule has 0 unspecified atom stereocenters. The summed E-state index contributed by atoms with van der Waals surface area (Å²) in [4.78, 5) is 12.2. The predicted octanol–water partition coefficient (Wildman–Crippen LogP) is 4.30. The fraction of sp³-hybridized carbons (Fsp3) is 0.188. The van der Waals surface area contributed by atoms with Gasteiger partial charge in [0.15, 0.2) is 0 Å². The molecule has 0 aromatic heterocycles. The molecular formula is C16H16ClNO2. The van der Waals surface area contributed by atoms with Crippen LogP contribution in [0, 0.1) is 6.92 Å². The molecule has 0 atom stereocenters. The molecule has 0 aliphatic heterocycles. The molecular weight excluding hydrogens is 274 g/mol. The molecule has 2 aromatic carbocycles. The predicted molar refractivity (Wildman–Crippen MR) is 81.8 cm³/mol. The van der Waals surface area contributed by atoms with Gasteiger partial charge in [-0.1, -0.05) is 17.7 Å². The summed E-state index contributed by atoms with van der Waals surface area (Å²) in [5.41, 5.74) is 2.20. The molecule has 0 aliphatic rings. The van der Waals surface area contributed by atoms with Crippen molar-refractivity contribution in [3.05, 3.63) is 58.6 Å². The maximum absolute atomic E-state index is 12.2. The number of aryl methyl sites for hydroxylation is 1. The highest BCUT2D eigenvalue weighted by molar-refractivity contribution is 6.30. The Balaban J connectivity index is 2.15. The lowest BCUT2D eigenvalue weighted by Gasteiger charge is -2.09. The summed E-state index contributed by atoms with van der Waals surface area (Å²) in [7, 11) is 0. The lowest BCUT2D eigenvalue weighted by molar-refractivity contribution is 0.102. The van der Waals surface area contributed by atoms with Crippen molar-refractivity contribution in [2.75, 3.05) is 11.9 Å². The van der Waals surface area contributed by atoms with E-state index in [1.165, 1.54) is 0 Å². The zero-order valence-electron chi connectivity index (χ0n) is 11.4. The van der Waals surface area contributed by atoms with E-state index in [2.05, 4.69) is 5.32 Å². The minimum absolute atomic E-state index is 0.168. The van der Waals surface area contributed by atoms with Crippen LogP contribution in [0.4, 0.5) is 5.69 Å². The normalized spacial score (nSPS) is 10.2. The zero-order chi connectivity index (χ0) is 14.5. The Labute approximate surface area is 123 Å². The Morgan fingerprint density at radius 2 is 2.05 bits per heavy atom. The van der Waals surface area contributed by atoms with Crippen molar-refractivity contribution >= 4 is 23.2 Å². The summed E-state index contributed by atoms with van der Waals surface area (Å²) < 4.78 is 5.46. The van der Waals surface area contributed by atoms with Gasteiger partial charge in [0.2, 0.25) is 0 Å². The van der Waals surface area contributed by atoms with E-state index < -0.39 is 0 Å². The third-order valence-electron chi connectivity index (χ3n) is 2.82. The Morgan fingerprint density at radius 3 is 2.70 bits per heavy atom. The smallest absolute Gasteiger partial charge is 0.255 e. The van der Waals surface area contributed by atoms with Gasteiger partial charge in [0, 0.05) is 16.3 Å². The molecule has 0 saturated heterocycles. The molecule has 0 aliphatic carbocycles. The van der Waals surface area contributed by atoms with Crippen LogP contribution < -0.4 is 10.1 Å². The summed E-state index contributed by atoms with van der Waals surface area (Å²) in [5, 5.41) is 3.40. The lowest BCUT2D eigenvalue weighted by atomic mass is 10.1. The molecule has 0 fully saturated rings. The first kappa shape index (κ1) is 14.4. The van der Waals surface area contributed by atoms with Gasteiger partial charge < -0.3 is 10.1 Å². The number of ether oxygens (including phenoxy) is 1. The van der Waals surface area contributed by atoms with Crippen LogP contribution in [0.2, 0.25) is 5.02 Å². The molecule has 0 bridgehead atoms. The number of rotatable bonds is 4. The van der Waals surface area contributed by atoms with Crippen molar-refractivity contribution in [1.82, 2.24) is 0 Å². The Kier molecular flexibility index (Phi) is 4.64. The first-order chi connectivity index (χ1) is 9.60. The minimum Gasteiger partial charge on any atom is -0.494 e. The SMILES string of the molecule is CCOc1ccc(C(=O)Nc2cccc(Cl)c2)cc1C. The van der Waals surface area contributed by atoms with Gasteiger partial charge >= 0.3 is 0 Å². The second-order valence-corrected chi connectivity index (χ2v) is 4.81. The average Bonchev–Trinajstić information content (AvgIpc) is 2.41. The fourth-order valence-corrected chi connectivity index (χ4v) is 2.07. The third-order valence-corrected chi connectivity index (χ3v) is 3.05. The van der Waals surface area contributed by atoms with Crippen LogP contribution in [0.15, 0.2) is 42.5 Å². The minimum atomic E-state index is -0.168. The van der Waals surface area contributed by atoms with Gasteiger partial charge in [-0.2, -0.15) is 0 Å². The summed E-state index contributed by atoms with van der Waals surface area (Å²) in [6, 6.07) is 12.4. The van der Waals surface area contributed by atoms with Gasteiger partial charge in [0.25, 0.3) is 5.91 Å². The number of nitrogens with one attached hydrogen (secondary N) is 1. The Hall–Kier alpha value is -2.00. The van der Waals surface area contributed by atoms with E-state index in [1.54, 1.807) is 30.3 Å². The molecule has 104 valence electrons. The number of halogens is 1. The van der Waals surface area contributed by atoms with Gasteiger partial charge in [-0.05, 0) is 55.8 Å². The van der Waals surface area contributed by atoms with Crippen LogP contribution in [-0.4, -0.2) is 12.5 Å². The van der Waals surface area contributed by atoms with Gasteiger partial charge in [0.05, 0.1) is 6.61 Å². The van der Waals surface area contributed by atoms with E-state index in [1.807, 2.05) is 26.0 Å². The number of hydrogen-bond acceptors (Lipinski definition) is 2. The molecule has 0 saturated carbocycles. The van der Waals surface area contributed by atoms with Gasteiger partial charge in [-0.3, -0.25) is 4.79 Å². The van der Waals surface area contributed by atoms with Crippen LogP contribution in [0.5, 0.6) is 5.75 Å². The molecule has 1 N–H and O–H groups in total. The summed E-state index contributed by atoms with van der Waals surface area (Å²) in [6.07, 6.45) is 0. The van der Waals surface area contributed by atoms with E-state index >= 15 is 0 Å². The molecule has 0 heterocycles. The standard InChI is InChI=1S/C16H16ClNO2/c1-3-20-15-8-7-12(9-11(15)2)16(19)18-14-6-4-5-13(17)10-14/h4-10H,3H2,1-2H3,(H,18,19). The zero-order valence-corrected chi connectivity index (χ0v) is 12.2. The second-order valence-electron chi connectivity index (χ2n) is 4.38. The Morgan fingerprint density at radius 1 is 1.25 bits per heavy atom. The monoisotopic (exact) mass is 289 g/mol. The van der Waals surface area contributed by atoms with E-state index in [4.69, 9.17) is 16.3 Å². The molecule has 1 amide bonds. The van der Waals surface area contributed by atoms with Crippen molar-refractivity contribution in [2.24, 2.45) is 0 Å². The second kappa shape index (κ2) is 6.44.